The van der Waals surface area contributed by atoms with Crippen LogP contribution in [0.15, 0.2) is 16.9 Å². The number of fused-ring (bicyclic) bond motifs is 1. The van der Waals surface area contributed by atoms with Crippen molar-refractivity contribution in [3.8, 4) is 0 Å². The minimum absolute atomic E-state index is 0.193. The normalized spacial score (nSPS) is 10.6. The fourth-order valence-electron chi connectivity index (χ4n) is 1.11. The van der Waals surface area contributed by atoms with Crippen LogP contribution < -0.4 is 5.56 Å². The quantitative estimate of drug-likeness (QED) is 0.645. The highest BCUT2D eigenvalue weighted by Gasteiger charge is 2.02. The van der Waals surface area contributed by atoms with Gasteiger partial charge >= 0.3 is 0 Å². The predicted molar refractivity (Wildman–Crippen MR) is 49.9 cm³/mol. The van der Waals surface area contributed by atoms with E-state index < -0.39 is 0 Å². The lowest BCUT2D eigenvalue weighted by molar-refractivity contribution is 1.06. The van der Waals surface area contributed by atoms with Crippen molar-refractivity contribution in [1.29, 1.82) is 0 Å². The summed E-state index contributed by atoms with van der Waals surface area (Å²) in [6, 6.07) is 3.00. The summed E-state index contributed by atoms with van der Waals surface area (Å²) in [5, 5.41) is 1.02. The van der Waals surface area contributed by atoms with Crippen molar-refractivity contribution >= 4 is 22.6 Å². The minimum Gasteiger partial charge on any atom is -0.306 e. The van der Waals surface area contributed by atoms with Gasteiger partial charge in [0.1, 0.15) is 16.6 Å². The highest BCUT2D eigenvalue weighted by molar-refractivity contribution is 6.33. The van der Waals surface area contributed by atoms with E-state index in [2.05, 4.69) is 15.0 Å². The van der Waals surface area contributed by atoms with Crippen molar-refractivity contribution in [2.24, 2.45) is 0 Å². The molecule has 0 fully saturated rings. The second-order valence-corrected chi connectivity index (χ2v) is 3.00. The molecular formula is C8H6ClN3O. The summed E-state index contributed by atoms with van der Waals surface area (Å²) in [6.45, 7) is 1.72. The molecule has 0 saturated heterocycles. The molecule has 0 saturated carbocycles. The number of aromatic nitrogens is 3. The fourth-order valence-corrected chi connectivity index (χ4v) is 1.38. The molecule has 2 heterocycles. The van der Waals surface area contributed by atoms with E-state index in [9.17, 15) is 4.79 Å². The Balaban J connectivity index is 2.94. The molecule has 0 amide bonds. The van der Waals surface area contributed by atoms with Crippen LogP contribution in [-0.4, -0.2) is 15.0 Å². The molecule has 1 N–H and O–H groups in total. The monoisotopic (exact) mass is 195 g/mol. The Hall–Kier alpha value is -1.42. The fraction of sp³-hybridized carbons (Fsp3) is 0.125. The van der Waals surface area contributed by atoms with Gasteiger partial charge < -0.3 is 4.98 Å². The topological polar surface area (TPSA) is 58.6 Å². The van der Waals surface area contributed by atoms with Gasteiger partial charge in [0.25, 0.3) is 0 Å². The van der Waals surface area contributed by atoms with E-state index in [4.69, 9.17) is 11.6 Å². The number of aromatic amines is 1. The third-order valence-electron chi connectivity index (χ3n) is 1.65. The molecule has 0 aliphatic heterocycles. The summed E-state index contributed by atoms with van der Waals surface area (Å²) in [5.74, 6) is 0.541. The van der Waals surface area contributed by atoms with E-state index in [1.807, 2.05) is 0 Å². The van der Waals surface area contributed by atoms with Crippen molar-refractivity contribution in [2.45, 2.75) is 6.92 Å². The summed E-state index contributed by atoms with van der Waals surface area (Å²) in [4.78, 5) is 21.5. The summed E-state index contributed by atoms with van der Waals surface area (Å²) in [7, 11) is 0. The van der Waals surface area contributed by atoms with Gasteiger partial charge in [-0.3, -0.25) is 4.79 Å². The number of hydrogen-bond acceptors (Lipinski definition) is 3. The highest BCUT2D eigenvalue weighted by Crippen LogP contribution is 2.16. The number of nitrogens with zero attached hydrogens (tertiary/aromatic N) is 2. The van der Waals surface area contributed by atoms with E-state index in [0.29, 0.717) is 22.0 Å². The molecule has 0 bridgehead atoms. The van der Waals surface area contributed by atoms with Gasteiger partial charge in [-0.25, -0.2) is 9.97 Å². The largest absolute Gasteiger partial charge is 0.306 e. The Labute approximate surface area is 78.6 Å². The second-order valence-electron chi connectivity index (χ2n) is 2.65. The Kier molecular flexibility index (Phi) is 1.77. The molecular weight excluding hydrogens is 190 g/mol. The zero-order valence-corrected chi connectivity index (χ0v) is 7.59. The first-order valence-electron chi connectivity index (χ1n) is 3.70. The van der Waals surface area contributed by atoms with E-state index in [-0.39, 0.29) is 5.56 Å². The molecule has 2 aromatic heterocycles. The number of hydrogen-bond donors (Lipinski definition) is 1. The molecule has 0 spiro atoms. The van der Waals surface area contributed by atoms with Crippen molar-refractivity contribution in [3.05, 3.63) is 33.5 Å². The zero-order chi connectivity index (χ0) is 9.42. The number of nitrogens with one attached hydrogen (secondary N) is 1. The van der Waals surface area contributed by atoms with Gasteiger partial charge in [-0.1, -0.05) is 11.6 Å². The first-order chi connectivity index (χ1) is 6.16. The van der Waals surface area contributed by atoms with E-state index in [0.717, 1.165) is 0 Å². The standard InChI is InChI=1S/C8H6ClN3O/c1-4-10-7(9)5-2-3-6(13)12-8(5)11-4/h2-3H,1H3,(H,10,11,12,13). The molecule has 0 radical (unpaired) electrons. The third-order valence-corrected chi connectivity index (χ3v) is 1.94. The van der Waals surface area contributed by atoms with Crippen LogP contribution in [0, 0.1) is 6.92 Å². The van der Waals surface area contributed by atoms with Crippen LogP contribution in [-0.2, 0) is 0 Å². The molecule has 0 aliphatic rings. The molecule has 66 valence electrons. The van der Waals surface area contributed by atoms with Gasteiger partial charge in [-0.2, -0.15) is 0 Å². The van der Waals surface area contributed by atoms with Crippen molar-refractivity contribution in [1.82, 2.24) is 15.0 Å². The van der Waals surface area contributed by atoms with Crippen LogP contribution >= 0.6 is 11.6 Å². The first kappa shape index (κ1) is 8.19. The average Bonchev–Trinajstić information content (AvgIpc) is 2.02. The average molecular weight is 196 g/mol. The maximum atomic E-state index is 10.9. The summed E-state index contributed by atoms with van der Waals surface area (Å²) in [5.41, 5.74) is 0.284. The maximum Gasteiger partial charge on any atom is 0.249 e. The number of H-pyrrole nitrogens is 1. The maximum absolute atomic E-state index is 10.9. The smallest absolute Gasteiger partial charge is 0.249 e. The first-order valence-corrected chi connectivity index (χ1v) is 4.08. The minimum atomic E-state index is -0.193. The van der Waals surface area contributed by atoms with E-state index >= 15 is 0 Å². The number of halogens is 1. The lowest BCUT2D eigenvalue weighted by Gasteiger charge is -1.99. The number of aryl methyl sites for hydroxylation is 1. The predicted octanol–water partition coefficient (Wildman–Crippen LogP) is 1.28. The third kappa shape index (κ3) is 1.40. The van der Waals surface area contributed by atoms with Gasteiger partial charge in [0.2, 0.25) is 5.56 Å². The summed E-state index contributed by atoms with van der Waals surface area (Å²) >= 11 is 5.84. The van der Waals surface area contributed by atoms with Gasteiger partial charge in [0.05, 0.1) is 5.39 Å². The van der Waals surface area contributed by atoms with Crippen LogP contribution in [0.2, 0.25) is 5.15 Å². The Bertz CT molecular complexity index is 520. The van der Waals surface area contributed by atoms with Crippen molar-refractivity contribution < 1.29 is 0 Å². The SMILES string of the molecule is Cc1nc(Cl)c2ccc(=O)[nH]c2n1. The Morgan fingerprint density at radius 3 is 2.92 bits per heavy atom. The Morgan fingerprint density at radius 2 is 2.15 bits per heavy atom. The van der Waals surface area contributed by atoms with Gasteiger partial charge in [-0.15, -0.1) is 0 Å². The van der Waals surface area contributed by atoms with Crippen molar-refractivity contribution in [3.63, 3.8) is 0 Å². The lowest BCUT2D eigenvalue weighted by Crippen LogP contribution is -2.05. The number of rotatable bonds is 0. The lowest BCUT2D eigenvalue weighted by atomic mass is 10.3. The van der Waals surface area contributed by atoms with Crippen LogP contribution in [0.25, 0.3) is 11.0 Å². The molecule has 2 aromatic rings. The molecule has 0 atom stereocenters. The van der Waals surface area contributed by atoms with Crippen LogP contribution in [0.4, 0.5) is 0 Å². The molecule has 0 aliphatic carbocycles. The molecule has 4 nitrogen and oxygen atoms in total. The molecule has 0 aromatic carbocycles. The molecule has 5 heteroatoms. The molecule has 13 heavy (non-hydrogen) atoms. The van der Waals surface area contributed by atoms with Gasteiger partial charge in [-0.05, 0) is 13.0 Å². The zero-order valence-electron chi connectivity index (χ0n) is 6.84. The molecule has 2 rings (SSSR count). The van der Waals surface area contributed by atoms with E-state index in [1.54, 1.807) is 13.0 Å². The van der Waals surface area contributed by atoms with Crippen LogP contribution in [0.1, 0.15) is 5.82 Å². The summed E-state index contributed by atoms with van der Waals surface area (Å²) < 4.78 is 0. The van der Waals surface area contributed by atoms with E-state index in [1.165, 1.54) is 6.07 Å². The molecule has 0 unspecified atom stereocenters. The van der Waals surface area contributed by atoms with Gasteiger partial charge in [0.15, 0.2) is 0 Å². The van der Waals surface area contributed by atoms with Crippen molar-refractivity contribution in [2.75, 3.05) is 0 Å². The number of pyridine rings is 1. The van der Waals surface area contributed by atoms with Crippen LogP contribution in [0.5, 0.6) is 0 Å². The van der Waals surface area contributed by atoms with Crippen LogP contribution in [0.3, 0.4) is 0 Å². The van der Waals surface area contributed by atoms with Gasteiger partial charge in [0, 0.05) is 6.07 Å². The highest BCUT2D eigenvalue weighted by atomic mass is 35.5. The Morgan fingerprint density at radius 1 is 1.38 bits per heavy atom. The summed E-state index contributed by atoms with van der Waals surface area (Å²) in [6.07, 6.45) is 0. The second kappa shape index (κ2) is 2.81.